The van der Waals surface area contributed by atoms with E-state index in [4.69, 9.17) is 19.1 Å². The van der Waals surface area contributed by atoms with E-state index in [2.05, 4.69) is 52.2 Å². The number of hydrogen-bond donors (Lipinski definition) is 0. The Labute approximate surface area is 226 Å². The Hall–Kier alpha value is -4.08. The Morgan fingerprint density at radius 2 is 1.90 bits per heavy atom. The molecule has 4 aromatic rings. The number of anilines is 1. The van der Waals surface area contributed by atoms with Crippen LogP contribution in [0.5, 0.6) is 0 Å². The number of aromatic nitrogens is 3. The summed E-state index contributed by atoms with van der Waals surface area (Å²) in [5.41, 5.74) is 6.14. The molecule has 0 unspecified atom stereocenters. The number of pyridine rings is 1. The van der Waals surface area contributed by atoms with Crippen LogP contribution in [0.2, 0.25) is 0 Å². The van der Waals surface area contributed by atoms with Crippen LogP contribution in [-0.2, 0) is 16.0 Å². The van der Waals surface area contributed by atoms with Gasteiger partial charge in [-0.2, -0.15) is 0 Å². The average Bonchev–Trinajstić information content (AvgIpc) is 3.61. The van der Waals surface area contributed by atoms with Crippen LogP contribution in [0.25, 0.3) is 45.7 Å². The number of benzene rings is 1. The number of piperazine rings is 1. The van der Waals surface area contributed by atoms with Gasteiger partial charge in [0.05, 0.1) is 18.6 Å². The third-order valence-corrected chi connectivity index (χ3v) is 7.78. The van der Waals surface area contributed by atoms with Crippen molar-refractivity contribution in [2.75, 3.05) is 64.4 Å². The number of hydrogen-bond acceptors (Lipinski definition) is 8. The third kappa shape index (κ3) is 4.47. The van der Waals surface area contributed by atoms with Gasteiger partial charge >= 0.3 is 0 Å². The van der Waals surface area contributed by atoms with E-state index in [0.717, 1.165) is 73.5 Å². The van der Waals surface area contributed by atoms with Crippen molar-refractivity contribution in [3.05, 3.63) is 59.3 Å². The van der Waals surface area contributed by atoms with Crippen molar-refractivity contribution in [2.45, 2.75) is 6.42 Å². The molecule has 5 heterocycles. The number of fused-ring (bicyclic) bond motifs is 4. The lowest BCUT2D eigenvalue weighted by atomic mass is 10.0. The number of likely N-dealkylation sites (N-methyl/N-ethyl adjacent to an activating group) is 1. The molecule has 0 saturated carbocycles. The molecule has 1 aliphatic carbocycles. The van der Waals surface area contributed by atoms with E-state index in [1.807, 2.05) is 17.0 Å². The molecule has 3 aromatic heterocycles. The second-order valence-electron chi connectivity index (χ2n) is 10.3. The first-order chi connectivity index (χ1) is 19.1. The molecular formula is C30H30N6O3. The highest BCUT2D eigenvalue weighted by Crippen LogP contribution is 2.37. The van der Waals surface area contributed by atoms with Crippen molar-refractivity contribution < 1.29 is 13.9 Å². The fourth-order valence-electron chi connectivity index (χ4n) is 5.52. The van der Waals surface area contributed by atoms with Crippen LogP contribution in [0.3, 0.4) is 0 Å². The number of nitrogens with zero attached hydrogens (tertiary/aromatic N) is 6. The molecule has 2 fully saturated rings. The summed E-state index contributed by atoms with van der Waals surface area (Å²) in [6, 6.07) is 8.30. The van der Waals surface area contributed by atoms with E-state index in [0.29, 0.717) is 30.3 Å². The molecule has 9 nitrogen and oxygen atoms in total. The van der Waals surface area contributed by atoms with Crippen molar-refractivity contribution >= 4 is 46.1 Å². The maximum atomic E-state index is 12.8. The maximum Gasteiger partial charge on any atom is 0.246 e. The van der Waals surface area contributed by atoms with Crippen LogP contribution in [0.1, 0.15) is 16.7 Å². The molecular weight excluding hydrogens is 492 g/mol. The minimum absolute atomic E-state index is 0.0189. The summed E-state index contributed by atoms with van der Waals surface area (Å²) in [4.78, 5) is 33.8. The number of morpholine rings is 1. The second-order valence-corrected chi connectivity index (χ2v) is 10.3. The summed E-state index contributed by atoms with van der Waals surface area (Å²) in [6.45, 7) is 6.00. The van der Waals surface area contributed by atoms with Gasteiger partial charge in [0.2, 0.25) is 11.6 Å². The molecule has 0 spiro atoms. The van der Waals surface area contributed by atoms with Crippen molar-refractivity contribution in [3.8, 4) is 11.4 Å². The van der Waals surface area contributed by atoms with Gasteiger partial charge in [0.25, 0.3) is 0 Å². The minimum Gasteiger partial charge on any atom is -0.432 e. The summed E-state index contributed by atoms with van der Waals surface area (Å²) in [5, 5.41) is 0.806. The summed E-state index contributed by atoms with van der Waals surface area (Å²) < 4.78 is 11.9. The SMILES string of the molecule is CN1CCN(C(=O)/C=C/c2cnc3oc4c(N5CCOCC5)nc(-c5cccc6c5C=CC6)nc4c3c2)CC1. The fraction of sp³-hybridized carbons (Fsp3) is 0.333. The maximum absolute atomic E-state index is 12.8. The molecule has 1 amide bonds. The third-order valence-electron chi connectivity index (χ3n) is 7.78. The monoisotopic (exact) mass is 522 g/mol. The highest BCUT2D eigenvalue weighted by molar-refractivity contribution is 6.06. The average molecular weight is 523 g/mol. The number of ether oxygens (including phenoxy) is 1. The summed E-state index contributed by atoms with van der Waals surface area (Å²) in [7, 11) is 2.08. The standard InChI is InChI=1S/C30H30N6O3/c1-34-10-12-35(13-11-34)25(37)9-8-20-18-24-26-27(39-30(24)31-19-20)29(36-14-16-38-17-15-36)33-28(32-26)23-7-3-5-21-4-2-6-22(21)23/h2-3,5-9,18-19H,4,10-17H2,1H3/b9-8+. The lowest BCUT2D eigenvalue weighted by Gasteiger charge is -2.31. The van der Waals surface area contributed by atoms with Crippen LogP contribution < -0.4 is 4.90 Å². The Morgan fingerprint density at radius 3 is 2.74 bits per heavy atom. The molecule has 9 heteroatoms. The Bertz CT molecular complexity index is 1630. The molecule has 0 atom stereocenters. The zero-order chi connectivity index (χ0) is 26.3. The van der Waals surface area contributed by atoms with Crippen molar-refractivity contribution in [3.63, 3.8) is 0 Å². The van der Waals surface area contributed by atoms with E-state index < -0.39 is 0 Å². The van der Waals surface area contributed by atoms with Crippen LogP contribution >= 0.6 is 0 Å². The first-order valence-electron chi connectivity index (χ1n) is 13.5. The first-order valence-corrected chi connectivity index (χ1v) is 13.5. The lowest BCUT2D eigenvalue weighted by Crippen LogP contribution is -2.46. The molecule has 2 saturated heterocycles. The largest absolute Gasteiger partial charge is 0.432 e. The van der Waals surface area contributed by atoms with E-state index in [-0.39, 0.29) is 5.91 Å². The van der Waals surface area contributed by atoms with E-state index in [1.165, 1.54) is 11.1 Å². The van der Waals surface area contributed by atoms with Crippen molar-refractivity contribution in [1.29, 1.82) is 0 Å². The smallest absolute Gasteiger partial charge is 0.246 e. The number of rotatable bonds is 4. The van der Waals surface area contributed by atoms with Gasteiger partial charge in [-0.05, 0) is 42.3 Å². The predicted molar refractivity (Wildman–Crippen MR) is 151 cm³/mol. The highest BCUT2D eigenvalue weighted by atomic mass is 16.5. The quantitative estimate of drug-likeness (QED) is 0.376. The Morgan fingerprint density at radius 1 is 1.05 bits per heavy atom. The lowest BCUT2D eigenvalue weighted by molar-refractivity contribution is -0.127. The fourth-order valence-corrected chi connectivity index (χ4v) is 5.52. The molecule has 198 valence electrons. The van der Waals surface area contributed by atoms with Crippen molar-refractivity contribution in [2.24, 2.45) is 0 Å². The number of amides is 1. The molecule has 2 aliphatic heterocycles. The number of furan rings is 1. The summed E-state index contributed by atoms with van der Waals surface area (Å²) >= 11 is 0. The van der Waals surface area contributed by atoms with Gasteiger partial charge in [0.15, 0.2) is 17.2 Å². The molecule has 0 N–H and O–H groups in total. The molecule has 0 radical (unpaired) electrons. The van der Waals surface area contributed by atoms with Crippen LogP contribution in [-0.4, -0.2) is 90.2 Å². The first kappa shape index (κ1) is 24.0. The predicted octanol–water partition coefficient (Wildman–Crippen LogP) is 3.63. The Balaban J connectivity index is 1.31. The second kappa shape index (κ2) is 9.91. The van der Waals surface area contributed by atoms with Gasteiger partial charge < -0.3 is 23.9 Å². The topological polar surface area (TPSA) is 87.8 Å². The number of allylic oxidation sites excluding steroid dienone is 1. The van der Waals surface area contributed by atoms with Gasteiger partial charge in [-0.1, -0.05) is 30.4 Å². The summed E-state index contributed by atoms with van der Waals surface area (Å²) in [6.07, 6.45) is 10.4. The van der Waals surface area contributed by atoms with Gasteiger partial charge in [-0.3, -0.25) is 4.79 Å². The highest BCUT2D eigenvalue weighted by Gasteiger charge is 2.24. The summed E-state index contributed by atoms with van der Waals surface area (Å²) in [5.74, 6) is 1.45. The minimum atomic E-state index is 0.0189. The molecule has 3 aliphatic rings. The van der Waals surface area contributed by atoms with E-state index >= 15 is 0 Å². The Kier molecular flexibility index (Phi) is 6.09. The molecule has 1 aromatic carbocycles. The van der Waals surface area contributed by atoms with Crippen molar-refractivity contribution in [1.82, 2.24) is 24.8 Å². The van der Waals surface area contributed by atoms with Gasteiger partial charge in [0.1, 0.15) is 5.52 Å². The zero-order valence-corrected chi connectivity index (χ0v) is 22.0. The van der Waals surface area contributed by atoms with E-state index in [1.54, 1.807) is 12.3 Å². The molecule has 39 heavy (non-hydrogen) atoms. The number of carbonyl (C=O) groups excluding carboxylic acids is 1. The number of carbonyl (C=O) groups is 1. The van der Waals surface area contributed by atoms with Crippen LogP contribution in [0, 0.1) is 0 Å². The van der Waals surface area contributed by atoms with Gasteiger partial charge in [-0.15, -0.1) is 0 Å². The normalized spacial score (nSPS) is 18.1. The van der Waals surface area contributed by atoms with Gasteiger partial charge in [0, 0.05) is 57.1 Å². The molecule has 7 rings (SSSR count). The molecule has 0 bridgehead atoms. The van der Waals surface area contributed by atoms with Gasteiger partial charge in [-0.25, -0.2) is 15.0 Å². The van der Waals surface area contributed by atoms with Crippen LogP contribution in [0.4, 0.5) is 5.82 Å². The zero-order valence-electron chi connectivity index (χ0n) is 22.0. The van der Waals surface area contributed by atoms with E-state index in [9.17, 15) is 4.79 Å². The van der Waals surface area contributed by atoms with Crippen LogP contribution in [0.15, 0.2) is 47.0 Å².